The number of halogens is 2. The molecule has 0 radical (unpaired) electrons. The summed E-state index contributed by atoms with van der Waals surface area (Å²) in [6, 6.07) is 11.9. The summed E-state index contributed by atoms with van der Waals surface area (Å²) < 4.78 is 1.28. The van der Waals surface area contributed by atoms with E-state index in [4.69, 9.17) is 0 Å². The maximum atomic E-state index is 10.1. The van der Waals surface area contributed by atoms with Gasteiger partial charge in [0.25, 0.3) is 0 Å². The van der Waals surface area contributed by atoms with Gasteiger partial charge in [0.1, 0.15) is 5.75 Å². The molecule has 5 nitrogen and oxygen atoms in total. The van der Waals surface area contributed by atoms with Gasteiger partial charge in [0.15, 0.2) is 5.65 Å². The van der Waals surface area contributed by atoms with E-state index < -0.39 is 0 Å². The molecule has 0 fully saturated rings. The Bertz CT molecular complexity index is 1150. The number of phenolic OH excluding ortho intramolecular Hbond substituents is 1. The van der Waals surface area contributed by atoms with E-state index in [1.165, 1.54) is 0 Å². The molecular formula is C19H12Br2N4O. The van der Waals surface area contributed by atoms with Gasteiger partial charge >= 0.3 is 0 Å². The fourth-order valence-electron chi connectivity index (χ4n) is 3.52. The molecule has 0 bridgehead atoms. The van der Waals surface area contributed by atoms with Crippen LogP contribution in [0, 0.1) is 0 Å². The number of aromatic hydroxyl groups is 1. The van der Waals surface area contributed by atoms with Gasteiger partial charge in [0.2, 0.25) is 0 Å². The number of rotatable bonds is 1. The summed E-state index contributed by atoms with van der Waals surface area (Å²) in [6.07, 6.45) is 3.78. The SMILES string of the molecule is Oc1c(Br)cc(C2Nc3ccccc3-c3cnnc4[nH]cc2c34)cc1Br. The van der Waals surface area contributed by atoms with E-state index in [1.807, 2.05) is 36.7 Å². The Morgan fingerprint density at radius 1 is 1.04 bits per heavy atom. The van der Waals surface area contributed by atoms with Crippen molar-refractivity contribution in [3.8, 4) is 16.9 Å². The first kappa shape index (κ1) is 15.8. The number of benzene rings is 2. The highest BCUT2D eigenvalue weighted by atomic mass is 79.9. The van der Waals surface area contributed by atoms with Gasteiger partial charge in [0.05, 0.1) is 21.2 Å². The molecule has 5 rings (SSSR count). The zero-order valence-electron chi connectivity index (χ0n) is 13.3. The molecule has 2 aromatic carbocycles. The van der Waals surface area contributed by atoms with Crippen molar-refractivity contribution in [1.29, 1.82) is 0 Å². The maximum absolute atomic E-state index is 10.1. The van der Waals surface area contributed by atoms with Crippen LogP contribution in [-0.2, 0) is 0 Å². The van der Waals surface area contributed by atoms with Crippen molar-refractivity contribution in [2.45, 2.75) is 6.04 Å². The van der Waals surface area contributed by atoms with Crippen molar-refractivity contribution in [3.63, 3.8) is 0 Å². The second kappa shape index (κ2) is 5.82. The molecule has 2 aromatic heterocycles. The van der Waals surface area contributed by atoms with Crippen molar-refractivity contribution in [3.05, 3.63) is 68.9 Å². The minimum Gasteiger partial charge on any atom is -0.506 e. The number of nitrogens with zero attached hydrogens (tertiary/aromatic N) is 2. The van der Waals surface area contributed by atoms with E-state index in [2.05, 4.69) is 64.5 Å². The van der Waals surface area contributed by atoms with Crippen LogP contribution in [0.4, 0.5) is 5.69 Å². The smallest absolute Gasteiger partial charge is 0.160 e. The normalized spacial score (nSPS) is 15.4. The molecule has 0 saturated carbocycles. The molecular weight excluding hydrogens is 460 g/mol. The van der Waals surface area contributed by atoms with Crippen molar-refractivity contribution >= 4 is 48.6 Å². The average Bonchev–Trinajstić information content (AvgIpc) is 3.01. The van der Waals surface area contributed by atoms with Crippen molar-refractivity contribution in [2.75, 3.05) is 5.32 Å². The Kier molecular flexibility index (Phi) is 3.55. The number of aromatic amines is 1. The molecule has 0 amide bonds. The predicted octanol–water partition coefficient (Wildman–Crippen LogP) is 5.37. The van der Waals surface area contributed by atoms with Crippen LogP contribution in [0.2, 0.25) is 0 Å². The Morgan fingerprint density at radius 2 is 1.81 bits per heavy atom. The monoisotopic (exact) mass is 470 g/mol. The van der Waals surface area contributed by atoms with Crippen LogP contribution in [0.5, 0.6) is 5.75 Å². The lowest BCUT2D eigenvalue weighted by atomic mass is 9.97. The average molecular weight is 472 g/mol. The first-order valence-corrected chi connectivity index (χ1v) is 9.58. The van der Waals surface area contributed by atoms with Crippen LogP contribution in [0.1, 0.15) is 17.2 Å². The Hall–Kier alpha value is -2.38. The third-order valence-corrected chi connectivity index (χ3v) is 5.91. The number of phenols is 1. The molecule has 0 aliphatic carbocycles. The largest absolute Gasteiger partial charge is 0.506 e. The molecule has 1 aliphatic rings. The highest BCUT2D eigenvalue weighted by Gasteiger charge is 2.27. The van der Waals surface area contributed by atoms with Gasteiger partial charge in [0, 0.05) is 34.0 Å². The van der Waals surface area contributed by atoms with Crippen molar-refractivity contribution in [2.24, 2.45) is 0 Å². The lowest BCUT2D eigenvalue weighted by molar-refractivity contribution is 0.468. The maximum Gasteiger partial charge on any atom is 0.160 e. The molecule has 1 aliphatic heterocycles. The highest BCUT2D eigenvalue weighted by molar-refractivity contribution is 9.11. The number of aromatic nitrogens is 3. The third kappa shape index (κ3) is 2.27. The molecule has 0 spiro atoms. The van der Waals surface area contributed by atoms with E-state index in [0.29, 0.717) is 8.95 Å². The quantitative estimate of drug-likeness (QED) is 0.349. The van der Waals surface area contributed by atoms with Gasteiger partial charge in [-0.2, -0.15) is 5.10 Å². The molecule has 3 heterocycles. The zero-order valence-corrected chi connectivity index (χ0v) is 16.5. The van der Waals surface area contributed by atoms with Gasteiger partial charge in [-0.1, -0.05) is 18.2 Å². The lowest BCUT2D eigenvalue weighted by Crippen LogP contribution is -2.11. The van der Waals surface area contributed by atoms with Crippen LogP contribution >= 0.6 is 31.9 Å². The molecule has 1 atom stereocenters. The second-order valence-electron chi connectivity index (χ2n) is 6.18. The van der Waals surface area contributed by atoms with Gasteiger partial charge < -0.3 is 15.4 Å². The fraction of sp³-hybridized carbons (Fsp3) is 0.0526. The standard InChI is InChI=1S/C19H12Br2N4O/c20-13-5-9(6-14(21)18(13)26)17-12-7-22-19-16(12)11(8-23-25-19)10-3-1-2-4-15(10)24-17/h1-8,17,24,26H,(H,22,25). The third-order valence-electron chi connectivity index (χ3n) is 4.70. The zero-order chi connectivity index (χ0) is 17.8. The Labute approximate surface area is 165 Å². The van der Waals surface area contributed by atoms with Crippen LogP contribution in [0.25, 0.3) is 22.2 Å². The van der Waals surface area contributed by atoms with E-state index in [9.17, 15) is 5.11 Å². The second-order valence-corrected chi connectivity index (χ2v) is 7.89. The summed E-state index contributed by atoms with van der Waals surface area (Å²) in [5, 5.41) is 23.2. The van der Waals surface area contributed by atoms with Crippen LogP contribution in [0.3, 0.4) is 0 Å². The van der Waals surface area contributed by atoms with E-state index in [0.717, 1.165) is 39.0 Å². The van der Waals surface area contributed by atoms with Gasteiger partial charge in [-0.05, 0) is 55.6 Å². The fourth-order valence-corrected chi connectivity index (χ4v) is 4.74. The van der Waals surface area contributed by atoms with Gasteiger partial charge in [-0.15, -0.1) is 5.10 Å². The number of fused-ring (bicyclic) bond motifs is 2. The number of H-pyrrole nitrogens is 1. The number of nitrogens with one attached hydrogen (secondary N) is 2. The summed E-state index contributed by atoms with van der Waals surface area (Å²) in [5.74, 6) is 0.188. The summed E-state index contributed by atoms with van der Waals surface area (Å²) in [4.78, 5) is 3.23. The van der Waals surface area contributed by atoms with Gasteiger partial charge in [-0.25, -0.2) is 0 Å². The number of hydrogen-bond donors (Lipinski definition) is 3. The van der Waals surface area contributed by atoms with Gasteiger partial charge in [-0.3, -0.25) is 0 Å². The summed E-state index contributed by atoms with van der Waals surface area (Å²) >= 11 is 6.87. The molecule has 7 heteroatoms. The first-order chi connectivity index (χ1) is 12.6. The molecule has 1 unspecified atom stereocenters. The molecule has 4 aromatic rings. The van der Waals surface area contributed by atoms with Crippen molar-refractivity contribution < 1.29 is 5.11 Å². The minimum absolute atomic E-state index is 0.108. The van der Waals surface area contributed by atoms with Crippen LogP contribution < -0.4 is 5.32 Å². The number of para-hydroxylation sites is 1. The molecule has 128 valence electrons. The number of hydrogen-bond acceptors (Lipinski definition) is 4. The molecule has 3 N–H and O–H groups in total. The van der Waals surface area contributed by atoms with Crippen molar-refractivity contribution in [1.82, 2.24) is 15.2 Å². The lowest BCUT2D eigenvalue weighted by Gasteiger charge is -2.20. The molecule has 0 saturated heterocycles. The van der Waals surface area contributed by atoms with E-state index >= 15 is 0 Å². The number of anilines is 1. The molecule has 26 heavy (non-hydrogen) atoms. The Balaban J connectivity index is 1.83. The first-order valence-electron chi connectivity index (χ1n) is 8.00. The summed E-state index contributed by atoms with van der Waals surface area (Å²) in [7, 11) is 0. The predicted molar refractivity (Wildman–Crippen MR) is 108 cm³/mol. The topological polar surface area (TPSA) is 73.8 Å². The summed E-state index contributed by atoms with van der Waals surface area (Å²) in [5.41, 5.74) is 6.04. The highest BCUT2D eigenvalue weighted by Crippen LogP contribution is 2.45. The van der Waals surface area contributed by atoms with E-state index in [1.54, 1.807) is 0 Å². The minimum atomic E-state index is -0.108. The van der Waals surface area contributed by atoms with E-state index in [-0.39, 0.29) is 11.8 Å². The van der Waals surface area contributed by atoms with Crippen LogP contribution in [0.15, 0.2) is 57.7 Å². The summed E-state index contributed by atoms with van der Waals surface area (Å²) in [6.45, 7) is 0. The Morgan fingerprint density at radius 3 is 2.62 bits per heavy atom. The van der Waals surface area contributed by atoms with Crippen LogP contribution in [-0.4, -0.2) is 20.3 Å².